The van der Waals surface area contributed by atoms with Gasteiger partial charge in [-0.15, -0.1) is 0 Å². The predicted molar refractivity (Wildman–Crippen MR) is 75.4 cm³/mol. The summed E-state index contributed by atoms with van der Waals surface area (Å²) in [4.78, 5) is 0. The molecule has 0 aliphatic rings. The van der Waals surface area contributed by atoms with Crippen LogP contribution in [0.25, 0.3) is 10.8 Å². The van der Waals surface area contributed by atoms with Gasteiger partial charge in [0, 0.05) is 17.8 Å². The quantitative estimate of drug-likeness (QED) is 0.482. The fourth-order valence-electron chi connectivity index (χ4n) is 2.02. The van der Waals surface area contributed by atoms with E-state index in [0.29, 0.717) is 17.8 Å². The van der Waals surface area contributed by atoms with Gasteiger partial charge in [0.25, 0.3) is 0 Å². The normalized spacial score (nSPS) is 11.9. The summed E-state index contributed by atoms with van der Waals surface area (Å²) in [6.07, 6.45) is 0.838. The van der Waals surface area contributed by atoms with Crippen LogP contribution in [0.4, 0.5) is 0 Å². The zero-order valence-corrected chi connectivity index (χ0v) is 12.0. The molecule has 102 valence electrons. The first kappa shape index (κ1) is 14.3. The number of aryl methyl sites for hydroxylation is 1. The highest BCUT2D eigenvalue weighted by molar-refractivity contribution is 8.02. The van der Waals surface area contributed by atoms with E-state index < -0.39 is 10.4 Å². The molecule has 19 heavy (non-hydrogen) atoms. The van der Waals surface area contributed by atoms with Gasteiger partial charge in [-0.2, -0.15) is 0 Å². The van der Waals surface area contributed by atoms with Crippen molar-refractivity contribution in [1.29, 1.82) is 0 Å². The van der Waals surface area contributed by atoms with Gasteiger partial charge in [0.15, 0.2) is 0 Å². The van der Waals surface area contributed by atoms with Crippen LogP contribution in [0.2, 0.25) is 0 Å². The summed E-state index contributed by atoms with van der Waals surface area (Å²) in [6.45, 7) is 2.03. The summed E-state index contributed by atoms with van der Waals surface area (Å²) in [7, 11) is -4.65. The highest BCUT2D eigenvalue weighted by Crippen LogP contribution is 2.27. The van der Waals surface area contributed by atoms with Gasteiger partial charge >= 0.3 is 0 Å². The Hall–Kier alpha value is -1.08. The molecule has 0 bridgehead atoms. The molecule has 0 N–H and O–H groups in total. The highest BCUT2D eigenvalue weighted by Gasteiger charge is 2.08. The van der Waals surface area contributed by atoms with Crippen molar-refractivity contribution in [2.45, 2.75) is 19.1 Å². The molecule has 2 aromatic carbocycles. The van der Waals surface area contributed by atoms with Gasteiger partial charge in [-0.25, -0.2) is 12.0 Å². The van der Waals surface area contributed by atoms with Gasteiger partial charge < -0.3 is 4.55 Å². The average Bonchev–Trinajstić information content (AvgIpc) is 2.37. The number of hydrogen-bond donors (Lipinski definition) is 0. The molecule has 0 aliphatic heterocycles. The van der Waals surface area contributed by atoms with E-state index in [2.05, 4.69) is 3.63 Å². The highest BCUT2D eigenvalue weighted by atomic mass is 32.3. The number of hydrogen-bond acceptors (Lipinski definition) is 5. The van der Waals surface area contributed by atoms with E-state index in [1.807, 2.05) is 43.3 Å². The number of benzene rings is 2. The first-order valence-corrected chi connectivity index (χ1v) is 8.02. The van der Waals surface area contributed by atoms with E-state index in [1.165, 1.54) is 0 Å². The van der Waals surface area contributed by atoms with Crippen LogP contribution in [0.15, 0.2) is 36.4 Å². The fraction of sp³-hybridized carbons (Fsp3) is 0.231. The van der Waals surface area contributed by atoms with Gasteiger partial charge in [0.1, 0.15) is 0 Å². The number of rotatable bonds is 5. The predicted octanol–water partition coefficient (Wildman–Crippen LogP) is 3.03. The minimum absolute atomic E-state index is 0.325. The Kier molecular flexibility index (Phi) is 4.46. The maximum atomic E-state index is 10.4. The summed E-state index contributed by atoms with van der Waals surface area (Å²) in [6, 6.07) is 11.9. The molecule has 0 amide bonds. The minimum Gasteiger partial charge on any atom is -0.725 e. The lowest BCUT2D eigenvalue weighted by atomic mass is 9.99. The molecule has 0 radical (unpaired) electrons. The van der Waals surface area contributed by atoms with E-state index in [4.69, 9.17) is 0 Å². The second kappa shape index (κ2) is 5.92. The molecule has 0 aliphatic carbocycles. The van der Waals surface area contributed by atoms with Crippen molar-refractivity contribution in [3.63, 3.8) is 0 Å². The Morgan fingerprint density at radius 3 is 2.63 bits per heavy atom. The van der Waals surface area contributed by atoms with Crippen LogP contribution in [0.5, 0.6) is 0 Å². The second-order valence-corrected chi connectivity index (χ2v) is 5.90. The Morgan fingerprint density at radius 2 is 1.95 bits per heavy atom. The van der Waals surface area contributed by atoms with E-state index in [1.54, 1.807) is 0 Å². The van der Waals surface area contributed by atoms with Crippen molar-refractivity contribution >= 4 is 33.2 Å². The third-order valence-corrected chi connectivity index (χ3v) is 4.31. The lowest BCUT2D eigenvalue weighted by Crippen LogP contribution is -1.99. The third-order valence-electron chi connectivity index (χ3n) is 2.85. The average molecular weight is 297 g/mol. The standard InChI is InChI=1S/C13H14O4S2/c1-2-10-7-8-11-5-3-4-6-12(11)13(10)9-18-17-19(14,15)16/h3-8H,2,9H2,1H3,(H,14,15,16)/p-1. The van der Waals surface area contributed by atoms with Crippen molar-refractivity contribution in [1.82, 2.24) is 0 Å². The van der Waals surface area contributed by atoms with Gasteiger partial charge in [0.05, 0.1) is 0 Å². The molecule has 0 spiro atoms. The summed E-state index contributed by atoms with van der Waals surface area (Å²) in [5.41, 5.74) is 2.13. The first-order valence-electron chi connectivity index (χ1n) is 5.77. The smallest absolute Gasteiger partial charge is 0.228 e. The number of fused-ring (bicyclic) bond motifs is 1. The lowest BCUT2D eigenvalue weighted by molar-refractivity contribution is 0.391. The molecule has 0 fully saturated rings. The summed E-state index contributed by atoms with van der Waals surface area (Å²) < 4.78 is 35.5. The molecular weight excluding hydrogens is 284 g/mol. The third kappa shape index (κ3) is 3.70. The molecule has 2 rings (SSSR count). The molecule has 0 heterocycles. The maximum absolute atomic E-state index is 10.4. The van der Waals surface area contributed by atoms with E-state index >= 15 is 0 Å². The zero-order valence-electron chi connectivity index (χ0n) is 10.3. The monoisotopic (exact) mass is 297 g/mol. The van der Waals surface area contributed by atoms with Gasteiger partial charge in [0.2, 0.25) is 10.4 Å². The lowest BCUT2D eigenvalue weighted by Gasteiger charge is -2.12. The van der Waals surface area contributed by atoms with Gasteiger partial charge in [-0.1, -0.05) is 43.3 Å². The van der Waals surface area contributed by atoms with Crippen LogP contribution < -0.4 is 0 Å². The molecule has 0 aromatic heterocycles. The molecule has 4 nitrogen and oxygen atoms in total. The van der Waals surface area contributed by atoms with Crippen LogP contribution in [0.1, 0.15) is 18.1 Å². The zero-order chi connectivity index (χ0) is 13.9. The summed E-state index contributed by atoms with van der Waals surface area (Å²) >= 11 is 0.657. The molecule has 2 aromatic rings. The Bertz CT molecular complexity index is 680. The van der Waals surface area contributed by atoms with Crippen molar-refractivity contribution in [2.24, 2.45) is 0 Å². The molecular formula is C13H13O4S2-. The maximum Gasteiger partial charge on any atom is 0.228 e. The molecule has 0 saturated carbocycles. The van der Waals surface area contributed by atoms with Crippen molar-refractivity contribution in [2.75, 3.05) is 0 Å². The SMILES string of the molecule is CCc1ccc2ccccc2c1CSOS(=O)(=O)[O-]. The van der Waals surface area contributed by atoms with Crippen LogP contribution in [0, 0.1) is 0 Å². The van der Waals surface area contributed by atoms with Crippen LogP contribution in [-0.2, 0) is 26.2 Å². The Morgan fingerprint density at radius 1 is 1.21 bits per heavy atom. The Labute approximate surface area is 116 Å². The fourth-order valence-corrected chi connectivity index (χ4v) is 3.15. The van der Waals surface area contributed by atoms with Gasteiger partial charge in [-0.3, -0.25) is 0 Å². The second-order valence-electron chi connectivity index (χ2n) is 4.02. The molecule has 6 heteroatoms. The summed E-state index contributed by atoms with van der Waals surface area (Å²) in [5.74, 6) is 0.325. The molecule has 0 saturated heterocycles. The van der Waals surface area contributed by atoms with Crippen LogP contribution >= 0.6 is 12.0 Å². The molecule has 0 atom stereocenters. The van der Waals surface area contributed by atoms with Gasteiger partial charge in [-0.05, 0) is 28.3 Å². The van der Waals surface area contributed by atoms with Crippen molar-refractivity contribution in [3.05, 3.63) is 47.5 Å². The van der Waals surface area contributed by atoms with Crippen molar-refractivity contribution in [3.8, 4) is 0 Å². The van der Waals surface area contributed by atoms with E-state index in [-0.39, 0.29) is 0 Å². The van der Waals surface area contributed by atoms with E-state index in [9.17, 15) is 13.0 Å². The Balaban J connectivity index is 2.34. The largest absolute Gasteiger partial charge is 0.725 e. The topological polar surface area (TPSA) is 66.4 Å². The van der Waals surface area contributed by atoms with Crippen LogP contribution in [-0.4, -0.2) is 13.0 Å². The van der Waals surface area contributed by atoms with Crippen LogP contribution in [0.3, 0.4) is 0 Å². The minimum atomic E-state index is -4.65. The van der Waals surface area contributed by atoms with Crippen molar-refractivity contribution < 1.29 is 16.6 Å². The summed E-state index contributed by atoms with van der Waals surface area (Å²) in [5, 5.41) is 2.14. The first-order chi connectivity index (χ1) is 9.01. The molecule has 0 unspecified atom stereocenters. The van der Waals surface area contributed by atoms with E-state index in [0.717, 1.165) is 28.3 Å².